The molecule has 9 heteroatoms. The van der Waals surface area contributed by atoms with Crippen molar-refractivity contribution in [3.8, 4) is 0 Å². The van der Waals surface area contributed by atoms with Gasteiger partial charge in [-0.05, 0) is 42.9 Å². The number of carbonyl (C=O) groups is 2. The molecule has 210 valence electrons. The minimum Gasteiger partial charge on any atom is -0.457 e. The number of nitrogens with one attached hydrogen (secondary N) is 1. The first-order chi connectivity index (χ1) is 19.4. The molecule has 0 bridgehead atoms. The highest BCUT2D eigenvalue weighted by atomic mass is 32.2. The van der Waals surface area contributed by atoms with Gasteiger partial charge < -0.3 is 19.7 Å². The molecule has 1 atom stereocenters. The Morgan fingerprint density at radius 3 is 2.62 bits per heavy atom. The van der Waals surface area contributed by atoms with Gasteiger partial charge in [-0.1, -0.05) is 65.9 Å². The number of aryl methyl sites for hydroxylation is 2. The predicted molar refractivity (Wildman–Crippen MR) is 157 cm³/mol. The highest BCUT2D eigenvalue weighted by molar-refractivity contribution is 8.16. The number of rotatable bonds is 9. The molecule has 5 rings (SSSR count). The first-order valence-electron chi connectivity index (χ1n) is 13.7. The van der Waals surface area contributed by atoms with Crippen LogP contribution in [0.5, 0.6) is 0 Å². The minimum absolute atomic E-state index is 0.0554. The maximum absolute atomic E-state index is 13.7. The Morgan fingerprint density at radius 1 is 1.10 bits per heavy atom. The third-order valence-electron chi connectivity index (χ3n) is 7.35. The van der Waals surface area contributed by atoms with Crippen LogP contribution in [0.2, 0.25) is 0 Å². The van der Waals surface area contributed by atoms with Gasteiger partial charge in [-0.2, -0.15) is 0 Å². The summed E-state index contributed by atoms with van der Waals surface area (Å²) in [7, 11) is 0. The summed E-state index contributed by atoms with van der Waals surface area (Å²) in [5.74, 6) is -0.458. The van der Waals surface area contributed by atoms with E-state index >= 15 is 0 Å². The lowest BCUT2D eigenvalue weighted by molar-refractivity contribution is -0.141. The molecule has 0 spiro atoms. The lowest BCUT2D eigenvalue weighted by Crippen LogP contribution is -2.42. The Bertz CT molecular complexity index is 1350. The molecule has 1 fully saturated rings. The van der Waals surface area contributed by atoms with Gasteiger partial charge >= 0.3 is 5.97 Å². The van der Waals surface area contributed by atoms with Gasteiger partial charge in [0.25, 0.3) is 0 Å². The van der Waals surface area contributed by atoms with Gasteiger partial charge in [0.2, 0.25) is 5.91 Å². The lowest BCUT2D eigenvalue weighted by Gasteiger charge is -2.37. The molecule has 1 N–H and O–H groups in total. The maximum Gasteiger partial charge on any atom is 0.338 e. The number of amides is 1. The monoisotopic (exact) mass is 560 g/mol. The molecule has 0 radical (unpaired) electrons. The van der Waals surface area contributed by atoms with Crippen LogP contribution in [0.1, 0.15) is 41.6 Å². The lowest BCUT2D eigenvalue weighted by atomic mass is 9.90. The molecule has 3 aliphatic heterocycles. The second kappa shape index (κ2) is 12.8. The summed E-state index contributed by atoms with van der Waals surface area (Å²) in [4.78, 5) is 35.8. The SMILES string of the molecule is CC1=C(C(=O)OCc2ccccc2)[C@H](c2ccc(C)cc2C)N2C(CC(=O)NCCN3CCOCC3)=CSC2=N1. The van der Waals surface area contributed by atoms with Gasteiger partial charge in [0.1, 0.15) is 6.61 Å². The van der Waals surface area contributed by atoms with Crippen molar-refractivity contribution in [2.24, 2.45) is 4.99 Å². The van der Waals surface area contributed by atoms with Crippen molar-refractivity contribution in [1.82, 2.24) is 15.1 Å². The Morgan fingerprint density at radius 2 is 1.88 bits per heavy atom. The fraction of sp³-hybridized carbons (Fsp3) is 0.387. The summed E-state index contributed by atoms with van der Waals surface area (Å²) in [6.07, 6.45) is 0.196. The normalized spacial score (nSPS) is 19.2. The average Bonchev–Trinajstić information content (AvgIpc) is 3.34. The Kier molecular flexibility index (Phi) is 9.04. The maximum atomic E-state index is 13.7. The van der Waals surface area contributed by atoms with E-state index in [0.29, 0.717) is 17.8 Å². The third kappa shape index (κ3) is 6.49. The molecule has 1 amide bonds. The van der Waals surface area contributed by atoms with Crippen molar-refractivity contribution >= 4 is 28.8 Å². The molecule has 2 aromatic rings. The number of morpholine rings is 1. The van der Waals surface area contributed by atoms with Crippen LogP contribution >= 0.6 is 11.8 Å². The molecule has 0 unspecified atom stereocenters. The van der Waals surface area contributed by atoms with Crippen LogP contribution in [0, 0.1) is 13.8 Å². The number of carbonyl (C=O) groups excluding carboxylic acids is 2. The molecular formula is C31H36N4O4S. The zero-order valence-electron chi connectivity index (χ0n) is 23.3. The first-order valence-corrected chi connectivity index (χ1v) is 14.6. The number of ether oxygens (including phenoxy) is 2. The fourth-order valence-corrected chi connectivity index (χ4v) is 6.23. The van der Waals surface area contributed by atoms with Crippen molar-refractivity contribution in [2.45, 2.75) is 39.8 Å². The van der Waals surface area contributed by atoms with Crippen LogP contribution in [0.15, 0.2) is 75.9 Å². The highest BCUT2D eigenvalue weighted by Crippen LogP contribution is 2.45. The summed E-state index contributed by atoms with van der Waals surface area (Å²) in [5, 5.41) is 5.80. The van der Waals surface area contributed by atoms with E-state index in [1.54, 1.807) is 0 Å². The molecule has 0 aliphatic carbocycles. The number of allylic oxidation sites excluding steroid dienone is 1. The Hall–Kier alpha value is -3.40. The van der Waals surface area contributed by atoms with E-state index < -0.39 is 12.0 Å². The topological polar surface area (TPSA) is 83.5 Å². The van der Waals surface area contributed by atoms with E-state index in [-0.39, 0.29) is 18.9 Å². The zero-order chi connectivity index (χ0) is 28.1. The third-order valence-corrected chi connectivity index (χ3v) is 8.24. The summed E-state index contributed by atoms with van der Waals surface area (Å²) in [5.41, 5.74) is 6.07. The number of amidine groups is 1. The first kappa shape index (κ1) is 28.1. The number of fused-ring (bicyclic) bond motifs is 1. The van der Waals surface area contributed by atoms with Gasteiger partial charge in [-0.25, -0.2) is 9.79 Å². The van der Waals surface area contributed by atoms with Crippen molar-refractivity contribution < 1.29 is 19.1 Å². The Balaban J connectivity index is 1.36. The van der Waals surface area contributed by atoms with E-state index in [9.17, 15) is 9.59 Å². The van der Waals surface area contributed by atoms with Crippen molar-refractivity contribution in [1.29, 1.82) is 0 Å². The van der Waals surface area contributed by atoms with Crippen LogP contribution in [0.25, 0.3) is 0 Å². The van der Waals surface area contributed by atoms with Gasteiger partial charge in [-0.15, -0.1) is 0 Å². The van der Waals surface area contributed by atoms with Gasteiger partial charge in [0.15, 0.2) is 5.17 Å². The number of hydrogen-bond donors (Lipinski definition) is 1. The summed E-state index contributed by atoms with van der Waals surface area (Å²) >= 11 is 1.48. The van der Waals surface area contributed by atoms with Gasteiger partial charge in [-0.3, -0.25) is 9.69 Å². The molecule has 0 saturated carbocycles. The molecular weight excluding hydrogens is 524 g/mol. The molecule has 3 heterocycles. The van der Waals surface area contributed by atoms with Crippen LogP contribution in [-0.4, -0.2) is 66.2 Å². The highest BCUT2D eigenvalue weighted by Gasteiger charge is 2.41. The summed E-state index contributed by atoms with van der Waals surface area (Å²) in [6.45, 7) is 10.8. The summed E-state index contributed by atoms with van der Waals surface area (Å²) < 4.78 is 11.2. The number of thioether (sulfide) groups is 1. The van der Waals surface area contributed by atoms with E-state index in [4.69, 9.17) is 14.5 Å². The number of nitrogens with zero attached hydrogens (tertiary/aromatic N) is 3. The fourth-order valence-electron chi connectivity index (χ4n) is 5.26. The van der Waals surface area contributed by atoms with Crippen LogP contribution < -0.4 is 5.32 Å². The number of aliphatic imine (C=N–C) groups is 1. The van der Waals surface area contributed by atoms with Gasteiger partial charge in [0.05, 0.1) is 36.9 Å². The van der Waals surface area contributed by atoms with Gasteiger partial charge in [0, 0.05) is 31.9 Å². The molecule has 40 heavy (non-hydrogen) atoms. The largest absolute Gasteiger partial charge is 0.457 e. The quantitative estimate of drug-likeness (QED) is 0.454. The molecule has 2 aromatic carbocycles. The zero-order valence-corrected chi connectivity index (χ0v) is 24.1. The molecule has 3 aliphatic rings. The van der Waals surface area contributed by atoms with E-state index in [1.807, 2.05) is 47.6 Å². The van der Waals surface area contributed by atoms with Crippen LogP contribution in [0.3, 0.4) is 0 Å². The smallest absolute Gasteiger partial charge is 0.338 e. The van der Waals surface area contributed by atoms with Crippen LogP contribution in [-0.2, 0) is 25.7 Å². The average molecular weight is 561 g/mol. The summed E-state index contributed by atoms with van der Waals surface area (Å²) in [6, 6.07) is 15.4. The second-order valence-corrected chi connectivity index (χ2v) is 11.1. The van der Waals surface area contributed by atoms with E-state index in [2.05, 4.69) is 42.3 Å². The van der Waals surface area contributed by atoms with Crippen molar-refractivity contribution in [2.75, 3.05) is 39.4 Å². The molecule has 8 nitrogen and oxygen atoms in total. The van der Waals surface area contributed by atoms with E-state index in [1.165, 1.54) is 11.8 Å². The van der Waals surface area contributed by atoms with Crippen molar-refractivity contribution in [3.63, 3.8) is 0 Å². The Labute approximate surface area is 240 Å². The predicted octanol–water partition coefficient (Wildman–Crippen LogP) is 4.46. The standard InChI is InChI=1S/C31H36N4O4S/c1-21-9-10-26(22(2)17-21)29-28(30(37)39-19-24-7-5-4-6-8-24)23(3)33-31-35(29)25(20-40-31)18-27(36)32-11-12-34-13-15-38-16-14-34/h4-10,17,20,29H,11-16,18-19H2,1-3H3,(H,32,36)/t29-/m0/s1. The second-order valence-electron chi connectivity index (χ2n) is 10.3. The molecule has 0 aromatic heterocycles. The molecule has 1 saturated heterocycles. The van der Waals surface area contributed by atoms with Crippen molar-refractivity contribution in [3.05, 3.63) is 93.2 Å². The number of hydrogen-bond acceptors (Lipinski definition) is 8. The minimum atomic E-state index is -0.446. The number of benzene rings is 2. The van der Waals surface area contributed by atoms with E-state index in [0.717, 1.165) is 66.0 Å². The number of esters is 1. The van der Waals surface area contributed by atoms with Crippen LogP contribution in [0.4, 0.5) is 0 Å².